The van der Waals surface area contributed by atoms with Gasteiger partial charge in [-0.1, -0.05) is 13.3 Å². The van der Waals surface area contributed by atoms with E-state index in [2.05, 4.69) is 5.32 Å². The third kappa shape index (κ3) is 3.12. The van der Waals surface area contributed by atoms with E-state index < -0.39 is 0 Å². The van der Waals surface area contributed by atoms with Crippen molar-refractivity contribution in [1.82, 2.24) is 5.32 Å². The molecule has 0 aliphatic carbocycles. The minimum absolute atomic E-state index is 0.00176. The summed E-state index contributed by atoms with van der Waals surface area (Å²) in [7, 11) is 1.37. The van der Waals surface area contributed by atoms with Crippen LogP contribution in [-0.4, -0.2) is 19.6 Å². The molecule has 0 spiro atoms. The number of hydrogen-bond donors (Lipinski definition) is 1. The number of methoxy groups -OCH3 is 1. The van der Waals surface area contributed by atoms with Crippen molar-refractivity contribution in [3.8, 4) is 5.75 Å². The van der Waals surface area contributed by atoms with Gasteiger partial charge in [-0.25, -0.2) is 0 Å². The number of hydrogen-bond acceptors (Lipinski definition) is 4. The zero-order valence-electron chi connectivity index (χ0n) is 9.41. The van der Waals surface area contributed by atoms with E-state index in [9.17, 15) is 9.59 Å². The van der Waals surface area contributed by atoms with E-state index in [0.29, 0.717) is 6.54 Å². The minimum Gasteiger partial charge on any atom is -0.490 e. The molecule has 0 fully saturated rings. The van der Waals surface area contributed by atoms with Crippen LogP contribution in [-0.2, 0) is 0 Å². The maximum Gasteiger partial charge on any atom is 0.287 e. The smallest absolute Gasteiger partial charge is 0.287 e. The highest BCUT2D eigenvalue weighted by atomic mass is 16.5. The minimum atomic E-state index is -0.381. The molecule has 1 aromatic rings. The van der Waals surface area contributed by atoms with Crippen molar-refractivity contribution in [3.05, 3.63) is 28.3 Å². The van der Waals surface area contributed by atoms with Gasteiger partial charge in [-0.05, 0) is 6.42 Å². The Bertz CT molecular complexity index is 411. The fourth-order valence-electron chi connectivity index (χ4n) is 1.13. The first-order valence-corrected chi connectivity index (χ1v) is 5.14. The lowest BCUT2D eigenvalue weighted by molar-refractivity contribution is 0.0922. The molecule has 88 valence electrons. The molecule has 0 bridgehead atoms. The Kier molecular flexibility index (Phi) is 4.57. The number of carbonyl (C=O) groups is 1. The monoisotopic (exact) mass is 225 g/mol. The Labute approximate surface area is 93.4 Å². The second-order valence-corrected chi connectivity index (χ2v) is 3.29. The zero-order chi connectivity index (χ0) is 12.0. The third-order valence-corrected chi connectivity index (χ3v) is 2.06. The number of nitrogens with one attached hydrogen (secondary N) is 1. The van der Waals surface area contributed by atoms with Crippen LogP contribution in [0.15, 0.2) is 21.5 Å². The van der Waals surface area contributed by atoms with Gasteiger partial charge in [0.25, 0.3) is 5.91 Å². The quantitative estimate of drug-likeness (QED) is 0.764. The molecule has 16 heavy (non-hydrogen) atoms. The summed E-state index contributed by atoms with van der Waals surface area (Å²) < 4.78 is 9.73. The van der Waals surface area contributed by atoms with Gasteiger partial charge in [0.1, 0.15) is 6.26 Å². The van der Waals surface area contributed by atoms with Gasteiger partial charge in [-0.3, -0.25) is 9.59 Å². The van der Waals surface area contributed by atoms with Crippen LogP contribution in [0.5, 0.6) is 5.75 Å². The van der Waals surface area contributed by atoms with Crippen LogP contribution in [0.4, 0.5) is 0 Å². The first kappa shape index (κ1) is 12.3. The number of ether oxygens (including phenoxy) is 1. The van der Waals surface area contributed by atoms with Crippen LogP contribution in [0.3, 0.4) is 0 Å². The Morgan fingerprint density at radius 1 is 1.56 bits per heavy atom. The van der Waals surface area contributed by atoms with E-state index >= 15 is 0 Å². The Balaban J connectivity index is 2.70. The van der Waals surface area contributed by atoms with Gasteiger partial charge in [0.05, 0.1) is 7.11 Å². The fraction of sp³-hybridized carbons (Fsp3) is 0.455. The van der Waals surface area contributed by atoms with Crippen molar-refractivity contribution in [2.24, 2.45) is 0 Å². The lowest BCUT2D eigenvalue weighted by atomic mass is 10.3. The van der Waals surface area contributed by atoms with Crippen molar-refractivity contribution in [2.75, 3.05) is 13.7 Å². The van der Waals surface area contributed by atoms with Gasteiger partial charge in [0.15, 0.2) is 5.76 Å². The molecule has 0 saturated carbocycles. The third-order valence-electron chi connectivity index (χ3n) is 2.06. The second kappa shape index (κ2) is 5.95. The summed E-state index contributed by atoms with van der Waals surface area (Å²) >= 11 is 0. The van der Waals surface area contributed by atoms with E-state index in [1.807, 2.05) is 6.92 Å². The largest absolute Gasteiger partial charge is 0.490 e. The van der Waals surface area contributed by atoms with E-state index in [1.165, 1.54) is 7.11 Å². The average molecular weight is 225 g/mol. The molecule has 1 rings (SSSR count). The predicted molar refractivity (Wildman–Crippen MR) is 58.8 cm³/mol. The Hall–Kier alpha value is -1.78. The fourth-order valence-corrected chi connectivity index (χ4v) is 1.13. The van der Waals surface area contributed by atoms with Crippen LogP contribution < -0.4 is 15.5 Å². The summed E-state index contributed by atoms with van der Waals surface area (Å²) in [6.45, 7) is 2.60. The summed E-state index contributed by atoms with van der Waals surface area (Å²) in [6.07, 6.45) is 3.02. The summed E-state index contributed by atoms with van der Waals surface area (Å²) in [5, 5.41) is 2.65. The Morgan fingerprint density at radius 3 is 2.88 bits per heavy atom. The molecule has 0 saturated heterocycles. The maximum absolute atomic E-state index is 11.5. The first-order chi connectivity index (χ1) is 7.69. The highest BCUT2D eigenvalue weighted by Crippen LogP contribution is 2.04. The number of unbranched alkanes of at least 4 members (excludes halogenated alkanes) is 1. The molecule has 0 aliphatic heterocycles. The standard InChI is InChI=1S/C11H15NO4/c1-3-4-5-12-11(14)9-6-8(13)10(15-2)7-16-9/h6-7H,3-5H2,1-2H3,(H,12,14). The molecule has 1 N–H and O–H groups in total. The second-order valence-electron chi connectivity index (χ2n) is 3.29. The summed E-state index contributed by atoms with van der Waals surface area (Å²) in [6, 6.07) is 1.13. The van der Waals surface area contributed by atoms with E-state index in [0.717, 1.165) is 25.2 Å². The number of amides is 1. The van der Waals surface area contributed by atoms with Crippen molar-refractivity contribution in [2.45, 2.75) is 19.8 Å². The van der Waals surface area contributed by atoms with Gasteiger partial charge in [0.2, 0.25) is 11.2 Å². The molecule has 0 unspecified atom stereocenters. The molecule has 0 aromatic carbocycles. The van der Waals surface area contributed by atoms with E-state index in [-0.39, 0.29) is 22.8 Å². The van der Waals surface area contributed by atoms with Crippen LogP contribution in [0.1, 0.15) is 30.3 Å². The van der Waals surface area contributed by atoms with Crippen molar-refractivity contribution < 1.29 is 13.9 Å². The highest BCUT2D eigenvalue weighted by molar-refractivity contribution is 5.91. The molecule has 0 radical (unpaired) electrons. The maximum atomic E-state index is 11.5. The van der Waals surface area contributed by atoms with Gasteiger partial charge in [0, 0.05) is 12.6 Å². The lowest BCUT2D eigenvalue weighted by Crippen LogP contribution is -2.25. The molecule has 0 aliphatic rings. The number of rotatable bonds is 5. The van der Waals surface area contributed by atoms with E-state index in [1.54, 1.807) is 0 Å². The number of carbonyl (C=O) groups excluding carboxylic acids is 1. The van der Waals surface area contributed by atoms with Crippen molar-refractivity contribution in [1.29, 1.82) is 0 Å². The van der Waals surface area contributed by atoms with Crippen molar-refractivity contribution >= 4 is 5.91 Å². The molecule has 5 nitrogen and oxygen atoms in total. The normalized spacial score (nSPS) is 9.88. The lowest BCUT2D eigenvalue weighted by Gasteiger charge is -2.03. The van der Waals surface area contributed by atoms with Gasteiger partial charge in [-0.2, -0.15) is 0 Å². The van der Waals surface area contributed by atoms with E-state index in [4.69, 9.17) is 9.15 Å². The molecular weight excluding hydrogens is 210 g/mol. The molecule has 1 heterocycles. The summed E-state index contributed by atoms with van der Waals surface area (Å²) in [4.78, 5) is 22.8. The zero-order valence-corrected chi connectivity index (χ0v) is 9.41. The SMILES string of the molecule is CCCCNC(=O)c1cc(=O)c(OC)co1. The molecule has 1 amide bonds. The van der Waals surface area contributed by atoms with Crippen LogP contribution in [0.2, 0.25) is 0 Å². The van der Waals surface area contributed by atoms with Gasteiger partial charge < -0.3 is 14.5 Å². The predicted octanol–water partition coefficient (Wildman–Crippen LogP) is 1.18. The van der Waals surface area contributed by atoms with Crippen LogP contribution >= 0.6 is 0 Å². The molecule has 5 heteroatoms. The topological polar surface area (TPSA) is 68.5 Å². The van der Waals surface area contributed by atoms with Gasteiger partial charge in [-0.15, -0.1) is 0 Å². The van der Waals surface area contributed by atoms with Crippen molar-refractivity contribution in [3.63, 3.8) is 0 Å². The van der Waals surface area contributed by atoms with Crippen LogP contribution in [0.25, 0.3) is 0 Å². The average Bonchev–Trinajstić information content (AvgIpc) is 2.29. The molecular formula is C11H15NO4. The molecule has 1 aromatic heterocycles. The summed E-state index contributed by atoms with van der Waals surface area (Å²) in [5.41, 5.74) is -0.366. The summed E-state index contributed by atoms with van der Waals surface area (Å²) in [5.74, 6) is -0.291. The molecule has 0 atom stereocenters. The highest BCUT2D eigenvalue weighted by Gasteiger charge is 2.10. The Morgan fingerprint density at radius 2 is 2.31 bits per heavy atom. The van der Waals surface area contributed by atoms with Crippen LogP contribution in [0, 0.1) is 0 Å². The first-order valence-electron chi connectivity index (χ1n) is 5.14. The van der Waals surface area contributed by atoms with Gasteiger partial charge >= 0.3 is 0 Å².